The molecule has 0 radical (unpaired) electrons. The molecule has 0 bridgehead atoms. The molecule has 0 aromatic heterocycles. The van der Waals surface area contributed by atoms with Gasteiger partial charge in [0.2, 0.25) is 11.8 Å². The molecule has 188 valence electrons. The summed E-state index contributed by atoms with van der Waals surface area (Å²) in [4.78, 5) is 30.3. The minimum absolute atomic E-state index is 0.0573. The molecule has 0 spiro atoms. The third kappa shape index (κ3) is 6.25. The van der Waals surface area contributed by atoms with Gasteiger partial charge in [-0.3, -0.25) is 14.5 Å². The van der Waals surface area contributed by atoms with E-state index < -0.39 is 0 Å². The van der Waals surface area contributed by atoms with Gasteiger partial charge in [0.15, 0.2) is 0 Å². The lowest BCUT2D eigenvalue weighted by molar-refractivity contribution is -0.136. The topological polar surface area (TPSA) is 109 Å². The van der Waals surface area contributed by atoms with E-state index in [0.29, 0.717) is 37.5 Å². The summed E-state index contributed by atoms with van der Waals surface area (Å²) in [6, 6.07) is -0.0583. The van der Waals surface area contributed by atoms with Gasteiger partial charge in [-0.2, -0.15) is 0 Å². The molecular formula is C24H44N6O3. The second-order valence-electron chi connectivity index (χ2n) is 10.9. The number of hydrazine groups is 1. The van der Waals surface area contributed by atoms with Crippen molar-refractivity contribution in [3.63, 3.8) is 0 Å². The highest BCUT2D eigenvalue weighted by Crippen LogP contribution is 2.33. The van der Waals surface area contributed by atoms with Crippen LogP contribution in [0.15, 0.2) is 0 Å². The quantitative estimate of drug-likeness (QED) is 0.367. The Morgan fingerprint density at radius 3 is 2.76 bits per heavy atom. The van der Waals surface area contributed by atoms with Gasteiger partial charge in [0.25, 0.3) is 0 Å². The van der Waals surface area contributed by atoms with E-state index in [1.54, 1.807) is 0 Å². The van der Waals surface area contributed by atoms with Crippen LogP contribution in [0.2, 0.25) is 0 Å². The number of likely N-dealkylation sites (tertiary alicyclic amines) is 1. The van der Waals surface area contributed by atoms with Crippen LogP contribution < -0.4 is 21.5 Å². The molecular weight excluding hydrogens is 420 g/mol. The number of aliphatic hydroxyl groups excluding tert-OH is 1. The molecule has 5 N–H and O–H groups in total. The lowest BCUT2D eigenvalue weighted by atomic mass is 9.77. The molecule has 4 rings (SSSR count). The zero-order valence-corrected chi connectivity index (χ0v) is 20.4. The van der Waals surface area contributed by atoms with Crippen molar-refractivity contribution < 1.29 is 14.7 Å². The van der Waals surface area contributed by atoms with Crippen molar-refractivity contribution in [3.05, 3.63) is 0 Å². The molecule has 0 aromatic rings. The Morgan fingerprint density at radius 2 is 2.03 bits per heavy atom. The number of nitrogens with one attached hydrogen (secondary N) is 4. The predicted molar refractivity (Wildman–Crippen MR) is 127 cm³/mol. The summed E-state index contributed by atoms with van der Waals surface area (Å²) in [7, 11) is 2.14. The van der Waals surface area contributed by atoms with Crippen LogP contribution in [0.4, 0.5) is 0 Å². The van der Waals surface area contributed by atoms with Crippen LogP contribution in [-0.4, -0.2) is 84.9 Å². The van der Waals surface area contributed by atoms with E-state index in [-0.39, 0.29) is 42.3 Å². The third-order valence-electron chi connectivity index (χ3n) is 8.52. The van der Waals surface area contributed by atoms with Gasteiger partial charge >= 0.3 is 0 Å². The smallest absolute Gasteiger partial charge is 0.237 e. The van der Waals surface area contributed by atoms with Crippen LogP contribution in [0.3, 0.4) is 0 Å². The molecule has 1 saturated carbocycles. The molecule has 3 saturated heterocycles. The highest BCUT2D eigenvalue weighted by Gasteiger charge is 2.37. The fourth-order valence-corrected chi connectivity index (χ4v) is 6.25. The SMILES string of the molecule is C[C@H](CC1NNCN1C)C1CCCC(NC(=O)C2CC(C(=O)N3CCC(CO)C3)CCN2)C1. The highest BCUT2D eigenvalue weighted by atomic mass is 16.3. The van der Waals surface area contributed by atoms with Gasteiger partial charge in [0.05, 0.1) is 18.9 Å². The summed E-state index contributed by atoms with van der Waals surface area (Å²) in [5.41, 5.74) is 6.57. The monoisotopic (exact) mass is 464 g/mol. The zero-order valence-electron chi connectivity index (χ0n) is 20.4. The van der Waals surface area contributed by atoms with Crippen LogP contribution in [-0.2, 0) is 9.59 Å². The van der Waals surface area contributed by atoms with E-state index >= 15 is 0 Å². The van der Waals surface area contributed by atoms with Crippen molar-refractivity contribution >= 4 is 11.8 Å². The number of amides is 2. The molecule has 4 aliphatic rings. The first-order valence-electron chi connectivity index (χ1n) is 13.1. The largest absolute Gasteiger partial charge is 0.396 e. The van der Waals surface area contributed by atoms with Crippen molar-refractivity contribution in [3.8, 4) is 0 Å². The van der Waals surface area contributed by atoms with E-state index in [0.717, 1.165) is 51.7 Å². The van der Waals surface area contributed by atoms with Crippen LogP contribution in [0, 0.1) is 23.7 Å². The van der Waals surface area contributed by atoms with E-state index in [2.05, 4.69) is 40.4 Å². The van der Waals surface area contributed by atoms with Crippen LogP contribution in [0.25, 0.3) is 0 Å². The summed E-state index contributed by atoms with van der Waals surface area (Å²) in [6.07, 6.45) is 8.20. The minimum Gasteiger partial charge on any atom is -0.396 e. The highest BCUT2D eigenvalue weighted by molar-refractivity contribution is 5.85. The Hall–Kier alpha value is -1.26. The molecule has 9 nitrogen and oxygen atoms in total. The van der Waals surface area contributed by atoms with Gasteiger partial charge in [-0.15, -0.1) is 0 Å². The second kappa shape index (κ2) is 11.4. The average molecular weight is 465 g/mol. The zero-order chi connectivity index (χ0) is 23.4. The molecule has 3 aliphatic heterocycles. The van der Waals surface area contributed by atoms with Gasteiger partial charge < -0.3 is 20.6 Å². The number of nitrogens with zero attached hydrogens (tertiary/aromatic N) is 2. The Kier molecular flexibility index (Phi) is 8.62. The Balaban J connectivity index is 1.24. The van der Waals surface area contributed by atoms with Gasteiger partial charge in [0.1, 0.15) is 0 Å². The number of rotatable bonds is 7. The maximum absolute atomic E-state index is 13.1. The summed E-state index contributed by atoms with van der Waals surface area (Å²) in [5.74, 6) is 1.56. The molecule has 1 aliphatic carbocycles. The summed E-state index contributed by atoms with van der Waals surface area (Å²) < 4.78 is 0. The first-order valence-corrected chi connectivity index (χ1v) is 13.1. The van der Waals surface area contributed by atoms with Crippen LogP contribution in [0.1, 0.15) is 58.3 Å². The lowest BCUT2D eigenvalue weighted by Gasteiger charge is -2.36. The van der Waals surface area contributed by atoms with Crippen molar-refractivity contribution in [1.82, 2.24) is 31.3 Å². The number of carbonyl (C=O) groups is 2. The molecule has 4 fully saturated rings. The van der Waals surface area contributed by atoms with E-state index in [1.165, 1.54) is 6.42 Å². The fourth-order valence-electron chi connectivity index (χ4n) is 6.25. The minimum atomic E-state index is -0.288. The van der Waals surface area contributed by atoms with Crippen LogP contribution >= 0.6 is 0 Å². The van der Waals surface area contributed by atoms with Crippen LogP contribution in [0.5, 0.6) is 0 Å². The fraction of sp³-hybridized carbons (Fsp3) is 0.917. The number of aliphatic hydroxyl groups is 1. The van der Waals surface area contributed by atoms with E-state index in [4.69, 9.17) is 0 Å². The van der Waals surface area contributed by atoms with Crippen molar-refractivity contribution in [2.45, 2.75) is 76.5 Å². The number of carbonyl (C=O) groups excluding carboxylic acids is 2. The standard InChI is InChI=1S/C24H44N6O3/c1-16(10-22-28-26-15-29(22)2)18-4-3-5-20(11-18)27-23(32)21-12-19(6-8-25-21)24(33)30-9-7-17(13-30)14-31/h16-22,25-26,28,31H,3-15H2,1-2H3,(H,27,32)/t16-,17?,18?,19?,20?,21?,22?/m1/s1. The first kappa shape index (κ1) is 24.9. The van der Waals surface area contributed by atoms with Crippen molar-refractivity contribution in [2.75, 3.05) is 40.0 Å². The van der Waals surface area contributed by atoms with Crippen molar-refractivity contribution in [2.24, 2.45) is 23.7 Å². The molecule has 9 heteroatoms. The summed E-state index contributed by atoms with van der Waals surface area (Å²) >= 11 is 0. The Bertz CT molecular complexity index is 679. The predicted octanol–water partition coefficient (Wildman–Crippen LogP) is 0.220. The molecule has 7 atom stereocenters. The number of hydrogen-bond acceptors (Lipinski definition) is 7. The normalized spacial score (nSPS) is 36.6. The molecule has 0 aromatic carbocycles. The summed E-state index contributed by atoms with van der Waals surface area (Å²) in [6.45, 7) is 5.45. The molecule has 3 heterocycles. The van der Waals surface area contributed by atoms with E-state index in [1.807, 2.05) is 4.90 Å². The maximum Gasteiger partial charge on any atom is 0.237 e. The maximum atomic E-state index is 13.1. The van der Waals surface area contributed by atoms with Gasteiger partial charge in [-0.05, 0) is 64.0 Å². The second-order valence-corrected chi connectivity index (χ2v) is 10.9. The third-order valence-corrected chi connectivity index (χ3v) is 8.52. The molecule has 6 unspecified atom stereocenters. The number of piperidine rings is 1. The van der Waals surface area contributed by atoms with Crippen molar-refractivity contribution in [1.29, 1.82) is 0 Å². The van der Waals surface area contributed by atoms with Gasteiger partial charge in [0, 0.05) is 37.6 Å². The van der Waals surface area contributed by atoms with E-state index in [9.17, 15) is 14.7 Å². The van der Waals surface area contributed by atoms with Gasteiger partial charge in [-0.1, -0.05) is 19.8 Å². The Morgan fingerprint density at radius 1 is 1.18 bits per heavy atom. The molecule has 33 heavy (non-hydrogen) atoms. The first-order chi connectivity index (χ1) is 15.9. The van der Waals surface area contributed by atoms with Gasteiger partial charge in [-0.25, -0.2) is 10.9 Å². The molecule has 2 amide bonds. The lowest BCUT2D eigenvalue weighted by Crippen LogP contribution is -2.54. The average Bonchev–Trinajstić information content (AvgIpc) is 3.48. The summed E-state index contributed by atoms with van der Waals surface area (Å²) in [5, 5.41) is 16.0. The Labute approximate surface area is 198 Å². The number of hydrogen-bond donors (Lipinski definition) is 5.